The van der Waals surface area contributed by atoms with Gasteiger partial charge in [-0.15, -0.1) is 0 Å². The molecule has 0 aromatic carbocycles. The van der Waals surface area contributed by atoms with E-state index < -0.39 is 30.6 Å². The van der Waals surface area contributed by atoms with E-state index in [4.69, 9.17) is 14.9 Å². The molecule has 0 aliphatic carbocycles. The van der Waals surface area contributed by atoms with Crippen molar-refractivity contribution in [2.75, 3.05) is 13.2 Å². The van der Waals surface area contributed by atoms with Crippen molar-refractivity contribution in [3.8, 4) is 0 Å². The first-order valence-electron chi connectivity index (χ1n) is 18.6. The number of hydrogen-bond acceptors (Lipinski definition) is 6. The average molecular weight is 675 g/mol. The molecular weight excluding hydrogens is 608 g/mol. The second-order valence-corrected chi connectivity index (χ2v) is 12.3. The normalized spacial score (nSPS) is 13.1. The molecule has 9 nitrogen and oxygen atoms in total. The number of allylic oxidation sites excluding steroid dienone is 6. The Bertz CT molecular complexity index is 958. The molecule has 0 heterocycles. The minimum absolute atomic E-state index is 0.175. The van der Waals surface area contributed by atoms with Crippen LogP contribution in [0.15, 0.2) is 48.6 Å². The van der Waals surface area contributed by atoms with E-state index in [1.165, 1.54) is 57.8 Å². The molecule has 2 unspecified atom stereocenters. The van der Waals surface area contributed by atoms with Crippen molar-refractivity contribution in [3.05, 3.63) is 48.6 Å². The lowest BCUT2D eigenvalue weighted by Crippen LogP contribution is -2.47. The van der Waals surface area contributed by atoms with Crippen LogP contribution in [0.3, 0.4) is 0 Å². The maximum absolute atomic E-state index is 12.5. The van der Waals surface area contributed by atoms with E-state index in [1.54, 1.807) is 0 Å². The molecule has 0 aromatic heterocycles. The third-order valence-electron chi connectivity index (χ3n) is 7.77. The van der Waals surface area contributed by atoms with E-state index in [2.05, 4.69) is 48.8 Å². The number of carbonyl (C=O) groups is 4. The fourth-order valence-corrected chi connectivity index (χ4v) is 4.90. The standard InChI is InChI=1S/C39H66N2O7/c1-3-5-7-9-10-11-12-13-14-15-16-17-18-23-27-31-38(45)48-34(28-24-20-8-6-4-2)29-25-21-19-22-26-30-36(43)40-32-37(44)41-35(33-42)39(46)47/h6,8,13-14,24-25,28-29,34-35,42H,3-5,7,9-12,15-23,26-27,30-33H2,1-2H3,(H,40,43)(H,41,44)(H,46,47)/b8-6-,14-13-,28-24-,29-25-. The van der Waals surface area contributed by atoms with Crippen LogP contribution in [0.5, 0.6) is 0 Å². The van der Waals surface area contributed by atoms with E-state index in [0.717, 1.165) is 57.8 Å². The number of ether oxygens (including phenoxy) is 1. The first-order chi connectivity index (χ1) is 23.3. The van der Waals surface area contributed by atoms with Gasteiger partial charge in [0.25, 0.3) is 0 Å². The summed E-state index contributed by atoms with van der Waals surface area (Å²) < 4.78 is 5.75. The van der Waals surface area contributed by atoms with Crippen LogP contribution in [-0.2, 0) is 23.9 Å². The van der Waals surface area contributed by atoms with Crippen LogP contribution >= 0.6 is 0 Å². The molecule has 0 aliphatic heterocycles. The van der Waals surface area contributed by atoms with Gasteiger partial charge in [-0.05, 0) is 76.4 Å². The maximum Gasteiger partial charge on any atom is 0.328 e. The Balaban J connectivity index is 4.22. The third kappa shape index (κ3) is 30.2. The lowest BCUT2D eigenvalue weighted by atomic mass is 10.1. The number of carbonyl (C=O) groups excluding carboxylic acids is 3. The maximum atomic E-state index is 12.5. The van der Waals surface area contributed by atoms with E-state index in [1.807, 2.05) is 24.3 Å². The van der Waals surface area contributed by atoms with Crippen LogP contribution < -0.4 is 10.6 Å². The lowest BCUT2D eigenvalue weighted by molar-refractivity contribution is -0.145. The average Bonchev–Trinajstić information content (AvgIpc) is 3.07. The lowest BCUT2D eigenvalue weighted by Gasteiger charge is -2.12. The van der Waals surface area contributed by atoms with Gasteiger partial charge in [-0.1, -0.05) is 108 Å². The zero-order valence-electron chi connectivity index (χ0n) is 30.0. The first kappa shape index (κ1) is 44.8. The molecule has 0 fully saturated rings. The Morgan fingerprint density at radius 2 is 1.21 bits per heavy atom. The number of aliphatic carboxylic acids is 1. The number of carboxylic acid groups (broad SMARTS) is 1. The molecule has 0 saturated carbocycles. The minimum atomic E-state index is -1.39. The first-order valence-corrected chi connectivity index (χ1v) is 18.6. The quantitative estimate of drug-likeness (QED) is 0.0321. The number of carboxylic acids is 1. The molecule has 2 atom stereocenters. The van der Waals surface area contributed by atoms with Crippen molar-refractivity contribution in [3.63, 3.8) is 0 Å². The number of aliphatic hydroxyl groups is 1. The molecule has 274 valence electrons. The highest BCUT2D eigenvalue weighted by Crippen LogP contribution is 2.12. The zero-order chi connectivity index (χ0) is 35.5. The number of nitrogens with one attached hydrogen (secondary N) is 2. The van der Waals surface area contributed by atoms with Crippen LogP contribution in [0.25, 0.3) is 0 Å². The second kappa shape index (κ2) is 33.7. The van der Waals surface area contributed by atoms with Gasteiger partial charge in [0.2, 0.25) is 11.8 Å². The highest BCUT2D eigenvalue weighted by atomic mass is 16.5. The molecule has 2 amide bonds. The summed E-state index contributed by atoms with van der Waals surface area (Å²) in [5.41, 5.74) is 0. The van der Waals surface area contributed by atoms with Gasteiger partial charge in [-0.3, -0.25) is 14.4 Å². The number of esters is 1. The van der Waals surface area contributed by atoms with E-state index >= 15 is 0 Å². The number of amides is 2. The Kier molecular flexibility index (Phi) is 31.4. The summed E-state index contributed by atoms with van der Waals surface area (Å²) in [5.74, 6) is -2.49. The Hall–Kier alpha value is -3.20. The van der Waals surface area contributed by atoms with Gasteiger partial charge in [0.1, 0.15) is 12.1 Å². The Morgan fingerprint density at radius 3 is 1.83 bits per heavy atom. The number of unbranched alkanes of at least 4 members (excludes halogenated alkanes) is 14. The highest BCUT2D eigenvalue weighted by Gasteiger charge is 2.18. The van der Waals surface area contributed by atoms with Crippen LogP contribution in [0.4, 0.5) is 0 Å². The number of aliphatic hydroxyl groups excluding tert-OH is 1. The topological polar surface area (TPSA) is 142 Å². The van der Waals surface area contributed by atoms with Crippen LogP contribution in [-0.4, -0.2) is 59.3 Å². The van der Waals surface area contributed by atoms with E-state index in [0.29, 0.717) is 12.8 Å². The summed E-state index contributed by atoms with van der Waals surface area (Å²) in [5, 5.41) is 22.4. The fourth-order valence-electron chi connectivity index (χ4n) is 4.90. The smallest absolute Gasteiger partial charge is 0.328 e. The molecule has 4 N–H and O–H groups in total. The molecule has 48 heavy (non-hydrogen) atoms. The van der Waals surface area contributed by atoms with Crippen molar-refractivity contribution in [2.24, 2.45) is 0 Å². The summed E-state index contributed by atoms with van der Waals surface area (Å²) >= 11 is 0. The van der Waals surface area contributed by atoms with Gasteiger partial charge in [0.05, 0.1) is 13.2 Å². The summed E-state index contributed by atoms with van der Waals surface area (Å²) in [4.78, 5) is 47.1. The van der Waals surface area contributed by atoms with Crippen LogP contribution in [0, 0.1) is 0 Å². The van der Waals surface area contributed by atoms with Gasteiger partial charge in [0.15, 0.2) is 0 Å². The SMILES string of the molecule is CC/C=C\C/C=C\C(/C=C\CCCCCC(=O)NCC(=O)NC(CO)C(=O)O)OC(=O)CCCCCCC/C=C\CCCCCCCC. The zero-order valence-corrected chi connectivity index (χ0v) is 30.0. The highest BCUT2D eigenvalue weighted by molar-refractivity contribution is 5.87. The number of hydrogen-bond donors (Lipinski definition) is 4. The van der Waals surface area contributed by atoms with Crippen molar-refractivity contribution >= 4 is 23.8 Å². The summed E-state index contributed by atoms with van der Waals surface area (Å²) in [6.07, 6.45) is 37.7. The predicted molar refractivity (Wildman–Crippen MR) is 194 cm³/mol. The van der Waals surface area contributed by atoms with Gasteiger partial charge < -0.3 is 25.6 Å². The molecule has 0 spiro atoms. The molecule has 0 bridgehead atoms. The Morgan fingerprint density at radius 1 is 0.646 bits per heavy atom. The van der Waals surface area contributed by atoms with Crippen molar-refractivity contribution in [1.82, 2.24) is 10.6 Å². The molecule has 0 aliphatic rings. The van der Waals surface area contributed by atoms with Gasteiger partial charge in [-0.2, -0.15) is 0 Å². The number of rotatable bonds is 32. The second-order valence-electron chi connectivity index (χ2n) is 12.3. The summed E-state index contributed by atoms with van der Waals surface area (Å²) in [6.45, 7) is 3.28. The van der Waals surface area contributed by atoms with E-state index in [-0.39, 0.29) is 24.8 Å². The van der Waals surface area contributed by atoms with Gasteiger partial charge >= 0.3 is 11.9 Å². The third-order valence-corrected chi connectivity index (χ3v) is 7.77. The monoisotopic (exact) mass is 674 g/mol. The molecular formula is C39H66N2O7. The van der Waals surface area contributed by atoms with Gasteiger partial charge in [-0.25, -0.2) is 4.79 Å². The summed E-state index contributed by atoms with van der Waals surface area (Å²) in [7, 11) is 0. The Labute approximate surface area is 290 Å². The predicted octanol–water partition coefficient (Wildman–Crippen LogP) is 8.03. The van der Waals surface area contributed by atoms with Crippen molar-refractivity contribution in [1.29, 1.82) is 0 Å². The largest absolute Gasteiger partial charge is 0.480 e. The fraction of sp³-hybridized carbons (Fsp3) is 0.692. The molecule has 0 aromatic rings. The molecule has 0 rings (SSSR count). The molecule has 0 saturated heterocycles. The van der Waals surface area contributed by atoms with Crippen molar-refractivity contribution < 1.29 is 34.1 Å². The van der Waals surface area contributed by atoms with E-state index in [9.17, 15) is 19.2 Å². The van der Waals surface area contributed by atoms with Gasteiger partial charge in [0, 0.05) is 12.8 Å². The minimum Gasteiger partial charge on any atom is -0.480 e. The van der Waals surface area contributed by atoms with Crippen molar-refractivity contribution in [2.45, 2.75) is 161 Å². The molecule has 9 heteroatoms. The molecule has 0 radical (unpaired) electrons. The summed E-state index contributed by atoms with van der Waals surface area (Å²) in [6, 6.07) is -1.39. The van der Waals surface area contributed by atoms with Crippen LogP contribution in [0.2, 0.25) is 0 Å². The van der Waals surface area contributed by atoms with Crippen LogP contribution in [0.1, 0.15) is 149 Å².